The fourth-order valence-corrected chi connectivity index (χ4v) is 3.40. The normalized spacial score (nSPS) is 11.6. The third-order valence-corrected chi connectivity index (χ3v) is 5.12. The second kappa shape index (κ2) is 9.03. The molecule has 0 saturated carbocycles. The molecule has 7 heteroatoms. The summed E-state index contributed by atoms with van der Waals surface area (Å²) < 4.78 is 24.6. The maximum atomic E-state index is 12.2. The minimum Gasteiger partial charge on any atom is -0.372 e. The van der Waals surface area contributed by atoms with Crippen molar-refractivity contribution in [3.05, 3.63) is 23.8 Å². The van der Waals surface area contributed by atoms with Gasteiger partial charge in [0.15, 0.2) is 0 Å². The van der Waals surface area contributed by atoms with Crippen LogP contribution in [0.3, 0.4) is 0 Å². The number of aryl methyl sites for hydroxylation is 1. The first-order valence-electron chi connectivity index (χ1n) is 8.33. The van der Waals surface area contributed by atoms with E-state index in [1.807, 2.05) is 32.0 Å². The number of amides is 1. The van der Waals surface area contributed by atoms with E-state index in [-0.39, 0.29) is 12.5 Å². The molecule has 0 heterocycles. The quantitative estimate of drug-likeness (QED) is 0.739. The van der Waals surface area contributed by atoms with E-state index in [9.17, 15) is 13.2 Å². The van der Waals surface area contributed by atoms with Gasteiger partial charge in [-0.1, -0.05) is 6.92 Å². The number of sulfonamides is 1. The molecule has 1 aromatic rings. The van der Waals surface area contributed by atoms with E-state index in [4.69, 9.17) is 0 Å². The van der Waals surface area contributed by atoms with Gasteiger partial charge >= 0.3 is 0 Å². The van der Waals surface area contributed by atoms with Gasteiger partial charge in [-0.05, 0) is 51.0 Å². The van der Waals surface area contributed by atoms with Crippen molar-refractivity contribution < 1.29 is 13.2 Å². The molecule has 0 saturated heterocycles. The van der Waals surface area contributed by atoms with Gasteiger partial charge in [-0.15, -0.1) is 0 Å². The van der Waals surface area contributed by atoms with Gasteiger partial charge in [-0.3, -0.25) is 4.79 Å². The summed E-state index contributed by atoms with van der Waals surface area (Å²) in [6, 6.07) is 5.87. The maximum Gasteiger partial charge on any atom is 0.239 e. The molecule has 0 aliphatic rings. The standard InChI is InChI=1S/C17H29N3O3S/c1-6-11-20(24(5,22)23)13-17(21)18-16-10-9-15(12-14(16)4)19(7-2)8-3/h9-10,12H,6-8,11,13H2,1-5H3,(H,18,21). The zero-order valence-corrected chi connectivity index (χ0v) is 16.1. The second-order valence-corrected chi connectivity index (χ2v) is 7.80. The molecule has 136 valence electrons. The third-order valence-electron chi connectivity index (χ3n) is 3.87. The van der Waals surface area contributed by atoms with Gasteiger partial charge in [0.1, 0.15) is 0 Å². The number of nitrogens with one attached hydrogen (secondary N) is 1. The molecule has 0 aromatic heterocycles. The minimum atomic E-state index is -3.38. The molecule has 0 radical (unpaired) electrons. The van der Waals surface area contributed by atoms with Crippen molar-refractivity contribution in [2.24, 2.45) is 0 Å². The lowest BCUT2D eigenvalue weighted by Crippen LogP contribution is -2.37. The summed E-state index contributed by atoms with van der Waals surface area (Å²) in [5.41, 5.74) is 2.77. The average Bonchev–Trinajstić information content (AvgIpc) is 2.50. The Labute approximate surface area is 145 Å². The van der Waals surface area contributed by atoms with Crippen LogP contribution in [0.25, 0.3) is 0 Å². The number of nitrogens with zero attached hydrogens (tertiary/aromatic N) is 2. The van der Waals surface area contributed by atoms with Gasteiger partial charge in [-0.2, -0.15) is 4.31 Å². The highest BCUT2D eigenvalue weighted by Crippen LogP contribution is 2.22. The van der Waals surface area contributed by atoms with Crippen molar-refractivity contribution in [3.8, 4) is 0 Å². The summed E-state index contributed by atoms with van der Waals surface area (Å²) in [5.74, 6) is -0.326. The number of hydrogen-bond donors (Lipinski definition) is 1. The molecule has 0 unspecified atom stereocenters. The van der Waals surface area contributed by atoms with Crippen LogP contribution in [0.2, 0.25) is 0 Å². The van der Waals surface area contributed by atoms with Gasteiger partial charge in [0.05, 0.1) is 12.8 Å². The predicted molar refractivity (Wildman–Crippen MR) is 100 cm³/mol. The van der Waals surface area contributed by atoms with Crippen LogP contribution in [0.1, 0.15) is 32.8 Å². The molecule has 6 nitrogen and oxygen atoms in total. The Bertz CT molecular complexity index is 655. The molecule has 0 aliphatic heterocycles. The van der Waals surface area contributed by atoms with Gasteiger partial charge < -0.3 is 10.2 Å². The number of anilines is 2. The Balaban J connectivity index is 2.83. The summed E-state index contributed by atoms with van der Waals surface area (Å²) in [4.78, 5) is 14.4. The summed E-state index contributed by atoms with van der Waals surface area (Å²) >= 11 is 0. The molecule has 24 heavy (non-hydrogen) atoms. The first-order valence-corrected chi connectivity index (χ1v) is 10.2. The number of hydrogen-bond acceptors (Lipinski definition) is 4. The lowest BCUT2D eigenvalue weighted by molar-refractivity contribution is -0.116. The van der Waals surface area contributed by atoms with Crippen molar-refractivity contribution in [1.82, 2.24) is 4.31 Å². The highest BCUT2D eigenvalue weighted by Gasteiger charge is 2.19. The molecular formula is C17H29N3O3S. The molecule has 1 rings (SSSR count). The summed E-state index contributed by atoms with van der Waals surface area (Å²) in [6.45, 7) is 10.0. The van der Waals surface area contributed by atoms with Gasteiger partial charge in [0.25, 0.3) is 0 Å². The Morgan fingerprint density at radius 3 is 2.25 bits per heavy atom. The van der Waals surface area contributed by atoms with E-state index >= 15 is 0 Å². The first-order chi connectivity index (χ1) is 11.2. The van der Waals surface area contributed by atoms with Crippen molar-refractivity contribution in [2.75, 3.05) is 42.7 Å². The molecular weight excluding hydrogens is 326 g/mol. The van der Waals surface area contributed by atoms with E-state index in [0.717, 1.165) is 30.6 Å². The van der Waals surface area contributed by atoms with Crippen LogP contribution in [-0.4, -0.2) is 51.1 Å². The first kappa shape index (κ1) is 20.4. The van der Waals surface area contributed by atoms with E-state index in [0.29, 0.717) is 18.7 Å². The fourth-order valence-electron chi connectivity index (χ4n) is 2.53. The van der Waals surface area contributed by atoms with E-state index in [1.54, 1.807) is 0 Å². The Morgan fingerprint density at radius 2 is 1.79 bits per heavy atom. The molecule has 1 aromatic carbocycles. The number of rotatable bonds is 9. The molecule has 0 bridgehead atoms. The smallest absolute Gasteiger partial charge is 0.239 e. The van der Waals surface area contributed by atoms with Gasteiger partial charge in [0, 0.05) is 31.0 Å². The average molecular weight is 356 g/mol. The Morgan fingerprint density at radius 1 is 1.17 bits per heavy atom. The highest BCUT2D eigenvalue weighted by molar-refractivity contribution is 7.88. The fraction of sp³-hybridized carbons (Fsp3) is 0.588. The van der Waals surface area contributed by atoms with E-state index < -0.39 is 10.0 Å². The lowest BCUT2D eigenvalue weighted by Gasteiger charge is -2.22. The molecule has 0 fully saturated rings. The van der Waals surface area contributed by atoms with Gasteiger partial charge in [0.2, 0.25) is 15.9 Å². The summed E-state index contributed by atoms with van der Waals surface area (Å²) in [7, 11) is -3.38. The highest BCUT2D eigenvalue weighted by atomic mass is 32.2. The molecule has 1 N–H and O–H groups in total. The second-order valence-electron chi connectivity index (χ2n) is 5.82. The summed E-state index contributed by atoms with van der Waals surface area (Å²) in [6.07, 6.45) is 1.79. The predicted octanol–water partition coefficient (Wildman–Crippen LogP) is 2.45. The van der Waals surface area contributed by atoms with Crippen LogP contribution in [0, 0.1) is 6.92 Å². The van der Waals surface area contributed by atoms with Gasteiger partial charge in [-0.25, -0.2) is 8.42 Å². The van der Waals surface area contributed by atoms with Crippen molar-refractivity contribution in [2.45, 2.75) is 34.1 Å². The van der Waals surface area contributed by atoms with Crippen molar-refractivity contribution in [1.29, 1.82) is 0 Å². The Kier molecular flexibility index (Phi) is 7.69. The molecule has 0 spiro atoms. The number of carbonyl (C=O) groups excluding carboxylic acids is 1. The maximum absolute atomic E-state index is 12.2. The molecule has 0 atom stereocenters. The van der Waals surface area contributed by atoms with Crippen molar-refractivity contribution in [3.63, 3.8) is 0 Å². The van der Waals surface area contributed by atoms with E-state index in [2.05, 4.69) is 24.1 Å². The molecule has 0 aliphatic carbocycles. The van der Waals surface area contributed by atoms with E-state index in [1.165, 1.54) is 4.31 Å². The SMILES string of the molecule is CCCN(CC(=O)Nc1ccc(N(CC)CC)cc1C)S(C)(=O)=O. The van der Waals surface area contributed by atoms with Crippen LogP contribution < -0.4 is 10.2 Å². The Hall–Kier alpha value is -1.60. The van der Waals surface area contributed by atoms with Crippen molar-refractivity contribution >= 4 is 27.3 Å². The topological polar surface area (TPSA) is 69.7 Å². The monoisotopic (exact) mass is 355 g/mol. The van der Waals surface area contributed by atoms with Crippen LogP contribution in [0.15, 0.2) is 18.2 Å². The van der Waals surface area contributed by atoms with Crippen LogP contribution in [0.4, 0.5) is 11.4 Å². The lowest BCUT2D eigenvalue weighted by atomic mass is 10.1. The minimum absolute atomic E-state index is 0.163. The number of benzene rings is 1. The zero-order chi connectivity index (χ0) is 18.3. The molecule has 1 amide bonds. The van der Waals surface area contributed by atoms with Crippen LogP contribution in [0.5, 0.6) is 0 Å². The summed E-state index contributed by atoms with van der Waals surface area (Å²) in [5, 5.41) is 2.81. The number of carbonyl (C=O) groups is 1. The van der Waals surface area contributed by atoms with Crippen LogP contribution >= 0.6 is 0 Å². The third kappa shape index (κ3) is 5.79. The van der Waals surface area contributed by atoms with Crippen LogP contribution in [-0.2, 0) is 14.8 Å². The largest absolute Gasteiger partial charge is 0.372 e. The zero-order valence-electron chi connectivity index (χ0n) is 15.3.